The number of amides is 2. The molecule has 0 saturated carbocycles. The molecule has 1 atom stereocenters. The number of halogens is 2. The fourth-order valence-corrected chi connectivity index (χ4v) is 4.43. The Balaban J connectivity index is 1.62. The van der Waals surface area contributed by atoms with Crippen molar-refractivity contribution in [2.75, 3.05) is 24.3 Å². The maximum atomic E-state index is 14.3. The highest BCUT2D eigenvalue weighted by molar-refractivity contribution is 5.90. The predicted molar refractivity (Wildman–Crippen MR) is 129 cm³/mol. The number of fused-ring (bicyclic) bond motifs is 3. The minimum absolute atomic E-state index is 0.195. The van der Waals surface area contributed by atoms with Crippen molar-refractivity contribution in [2.24, 2.45) is 0 Å². The summed E-state index contributed by atoms with van der Waals surface area (Å²) in [4.78, 5) is 17.3. The molecule has 3 aromatic carbocycles. The first-order valence-electron chi connectivity index (χ1n) is 11.0. The molecule has 2 heterocycles. The Morgan fingerprint density at radius 1 is 0.971 bits per heavy atom. The molecule has 0 unspecified atom stereocenters. The molecule has 5 nitrogen and oxygen atoms in total. The zero-order valence-electron chi connectivity index (χ0n) is 18.9. The van der Waals surface area contributed by atoms with Gasteiger partial charge in [-0.1, -0.05) is 30.3 Å². The minimum atomic E-state index is -0.694. The number of benzene rings is 3. The first kappa shape index (κ1) is 21.7. The number of urea groups is 1. The average molecular weight is 459 g/mol. The van der Waals surface area contributed by atoms with Crippen molar-refractivity contribution in [3.63, 3.8) is 0 Å². The van der Waals surface area contributed by atoms with Crippen LogP contribution < -0.4 is 10.2 Å². The standard InChI is InChI=1S/C27H24F2N4O/c1-31(2)21-12-9-18(10-13-21)26-25-8-5-15-32(25)24-7-4-3-6-19(24)17-33(26)27(34)30-23-16-20(28)11-14-22(23)29/h3-16,26H,17H2,1-2H3,(H,30,34)/t26-/m1/s1. The van der Waals surface area contributed by atoms with E-state index < -0.39 is 23.7 Å². The number of anilines is 2. The smallest absolute Gasteiger partial charge is 0.323 e. The van der Waals surface area contributed by atoms with Gasteiger partial charge >= 0.3 is 6.03 Å². The van der Waals surface area contributed by atoms with Gasteiger partial charge in [0.25, 0.3) is 0 Å². The summed E-state index contributed by atoms with van der Waals surface area (Å²) in [6.45, 7) is 0.292. The van der Waals surface area contributed by atoms with Crippen molar-refractivity contribution in [3.05, 3.63) is 114 Å². The van der Waals surface area contributed by atoms with Crippen LogP contribution in [-0.4, -0.2) is 29.6 Å². The number of para-hydroxylation sites is 1. The second kappa shape index (κ2) is 8.67. The summed E-state index contributed by atoms with van der Waals surface area (Å²) in [7, 11) is 3.94. The van der Waals surface area contributed by atoms with E-state index in [4.69, 9.17) is 0 Å². The Bertz CT molecular complexity index is 1350. The fourth-order valence-electron chi connectivity index (χ4n) is 4.43. The third-order valence-corrected chi connectivity index (χ3v) is 6.12. The molecule has 2 amide bonds. The molecule has 1 aliphatic rings. The van der Waals surface area contributed by atoms with Crippen LogP contribution in [0.2, 0.25) is 0 Å². The fraction of sp³-hybridized carbons (Fsp3) is 0.148. The normalized spacial score (nSPS) is 14.7. The van der Waals surface area contributed by atoms with Gasteiger partial charge in [0.15, 0.2) is 0 Å². The van der Waals surface area contributed by atoms with Gasteiger partial charge in [-0.2, -0.15) is 0 Å². The molecular weight excluding hydrogens is 434 g/mol. The molecule has 34 heavy (non-hydrogen) atoms. The van der Waals surface area contributed by atoms with Gasteiger partial charge in [0.05, 0.1) is 24.0 Å². The van der Waals surface area contributed by atoms with Gasteiger partial charge in [-0.3, -0.25) is 0 Å². The number of aromatic nitrogens is 1. The molecule has 1 N–H and O–H groups in total. The van der Waals surface area contributed by atoms with E-state index in [-0.39, 0.29) is 5.69 Å². The number of carbonyl (C=O) groups is 1. The molecule has 0 spiro atoms. The monoisotopic (exact) mass is 458 g/mol. The van der Waals surface area contributed by atoms with Crippen molar-refractivity contribution < 1.29 is 13.6 Å². The molecule has 0 saturated heterocycles. The average Bonchev–Trinajstić information content (AvgIpc) is 3.25. The van der Waals surface area contributed by atoms with Crippen LogP contribution in [0, 0.1) is 11.6 Å². The highest BCUT2D eigenvalue weighted by atomic mass is 19.1. The predicted octanol–water partition coefficient (Wildman–Crippen LogP) is 5.96. The Morgan fingerprint density at radius 2 is 1.74 bits per heavy atom. The van der Waals surface area contributed by atoms with Crippen LogP contribution in [0.25, 0.3) is 5.69 Å². The Morgan fingerprint density at radius 3 is 2.50 bits per heavy atom. The SMILES string of the molecule is CN(C)c1ccc([C@@H]2c3cccn3-c3ccccc3CN2C(=O)Nc2cc(F)ccc2F)cc1. The summed E-state index contributed by atoms with van der Waals surface area (Å²) in [5.41, 5.74) is 4.58. The first-order chi connectivity index (χ1) is 16.4. The molecule has 7 heteroatoms. The van der Waals surface area contributed by atoms with Gasteiger partial charge < -0.3 is 19.7 Å². The summed E-state index contributed by atoms with van der Waals surface area (Å²) in [6, 6.07) is 21.8. The zero-order valence-corrected chi connectivity index (χ0v) is 18.9. The maximum absolute atomic E-state index is 14.3. The number of nitrogens with one attached hydrogen (secondary N) is 1. The third kappa shape index (κ3) is 3.90. The van der Waals surface area contributed by atoms with Crippen LogP contribution in [0.1, 0.15) is 22.9 Å². The number of rotatable bonds is 3. The van der Waals surface area contributed by atoms with E-state index in [9.17, 15) is 13.6 Å². The highest BCUT2D eigenvalue weighted by Gasteiger charge is 2.33. The van der Waals surface area contributed by atoms with Crippen LogP contribution in [0.3, 0.4) is 0 Å². The number of hydrogen-bond acceptors (Lipinski definition) is 2. The largest absolute Gasteiger partial charge is 0.378 e. The number of hydrogen-bond donors (Lipinski definition) is 1. The van der Waals surface area contributed by atoms with Crippen LogP contribution >= 0.6 is 0 Å². The van der Waals surface area contributed by atoms with Gasteiger partial charge in [-0.25, -0.2) is 13.6 Å². The first-order valence-corrected chi connectivity index (χ1v) is 11.0. The molecule has 1 aliphatic heterocycles. The van der Waals surface area contributed by atoms with Gasteiger partial charge in [0.2, 0.25) is 0 Å². The molecule has 0 bridgehead atoms. The lowest BCUT2D eigenvalue weighted by Gasteiger charge is -2.31. The quantitative estimate of drug-likeness (QED) is 0.412. The van der Waals surface area contributed by atoms with Crippen molar-refractivity contribution in [2.45, 2.75) is 12.6 Å². The molecule has 1 aromatic heterocycles. The lowest BCUT2D eigenvalue weighted by molar-refractivity contribution is 0.194. The van der Waals surface area contributed by atoms with E-state index in [0.29, 0.717) is 6.54 Å². The summed E-state index contributed by atoms with van der Waals surface area (Å²) < 4.78 is 30.2. The molecule has 5 rings (SSSR count). The highest BCUT2D eigenvalue weighted by Crippen LogP contribution is 2.37. The minimum Gasteiger partial charge on any atom is -0.378 e. The van der Waals surface area contributed by atoms with E-state index in [2.05, 4.69) is 9.88 Å². The second-order valence-corrected chi connectivity index (χ2v) is 8.50. The summed E-state index contributed by atoms with van der Waals surface area (Å²) in [5, 5.41) is 2.59. The number of nitrogens with zero attached hydrogens (tertiary/aromatic N) is 3. The maximum Gasteiger partial charge on any atom is 0.323 e. The van der Waals surface area contributed by atoms with Gasteiger partial charge in [-0.05, 0) is 53.6 Å². The van der Waals surface area contributed by atoms with Crippen molar-refractivity contribution >= 4 is 17.4 Å². The topological polar surface area (TPSA) is 40.5 Å². The van der Waals surface area contributed by atoms with E-state index in [0.717, 1.165) is 46.4 Å². The third-order valence-electron chi connectivity index (χ3n) is 6.12. The Labute approximate surface area is 196 Å². The second-order valence-electron chi connectivity index (χ2n) is 8.50. The molecule has 172 valence electrons. The molecule has 0 fully saturated rings. The zero-order chi connectivity index (χ0) is 23.8. The molecule has 4 aromatic rings. The van der Waals surface area contributed by atoms with Crippen LogP contribution in [0.15, 0.2) is 85.1 Å². The summed E-state index contributed by atoms with van der Waals surface area (Å²) in [6.07, 6.45) is 1.98. The van der Waals surface area contributed by atoms with E-state index in [1.54, 1.807) is 4.90 Å². The summed E-state index contributed by atoms with van der Waals surface area (Å²) >= 11 is 0. The summed E-state index contributed by atoms with van der Waals surface area (Å²) in [5.74, 6) is -1.32. The van der Waals surface area contributed by atoms with Gasteiger partial charge in [0.1, 0.15) is 11.6 Å². The van der Waals surface area contributed by atoms with Crippen molar-refractivity contribution in [3.8, 4) is 5.69 Å². The van der Waals surface area contributed by atoms with E-state index in [1.807, 2.05) is 85.9 Å². The Kier molecular flexibility index (Phi) is 5.53. The van der Waals surface area contributed by atoms with Crippen molar-refractivity contribution in [1.29, 1.82) is 0 Å². The molecule has 0 radical (unpaired) electrons. The van der Waals surface area contributed by atoms with Crippen LogP contribution in [-0.2, 0) is 6.54 Å². The lowest BCUT2D eigenvalue weighted by atomic mass is 10.0. The molecule has 0 aliphatic carbocycles. The van der Waals surface area contributed by atoms with Crippen LogP contribution in [0.5, 0.6) is 0 Å². The van der Waals surface area contributed by atoms with E-state index >= 15 is 0 Å². The van der Waals surface area contributed by atoms with Gasteiger partial charge in [-0.15, -0.1) is 0 Å². The number of carbonyl (C=O) groups excluding carboxylic acids is 1. The lowest BCUT2D eigenvalue weighted by Crippen LogP contribution is -2.38. The van der Waals surface area contributed by atoms with Crippen molar-refractivity contribution in [1.82, 2.24) is 9.47 Å². The van der Waals surface area contributed by atoms with Gasteiger partial charge in [0, 0.05) is 37.7 Å². The van der Waals surface area contributed by atoms with E-state index in [1.165, 1.54) is 0 Å². The Hall–Kier alpha value is -4.13. The molecular formula is C27H24F2N4O. The van der Waals surface area contributed by atoms with Crippen LogP contribution in [0.4, 0.5) is 25.0 Å².